The van der Waals surface area contributed by atoms with Crippen LogP contribution in [-0.4, -0.2) is 96.6 Å². The highest BCUT2D eigenvalue weighted by atomic mass is 32.2. The van der Waals surface area contributed by atoms with Crippen molar-refractivity contribution >= 4 is 34.7 Å². The number of carbonyl (C=O) groups is 3. The third-order valence-corrected chi connectivity index (χ3v) is 5.46. The summed E-state index contributed by atoms with van der Waals surface area (Å²) in [6, 6.07) is -0.163. The summed E-state index contributed by atoms with van der Waals surface area (Å²) in [6.07, 6.45) is 0.309. The molecule has 2 fully saturated rings. The van der Waals surface area contributed by atoms with E-state index in [0.29, 0.717) is 64.2 Å². The second kappa shape index (κ2) is 8.83. The van der Waals surface area contributed by atoms with Crippen LogP contribution < -0.4 is 5.32 Å². The maximum atomic E-state index is 13.0. The molecule has 0 spiro atoms. The number of rotatable bonds is 3. The van der Waals surface area contributed by atoms with Crippen LogP contribution >= 0.6 is 11.8 Å². The molecule has 3 rings (SSSR count). The van der Waals surface area contributed by atoms with Gasteiger partial charge in [-0.05, 0) is 6.92 Å². The fraction of sp³-hybridized carbons (Fsp3) is 0.750. The molecule has 10 heteroatoms. The van der Waals surface area contributed by atoms with Crippen molar-refractivity contribution in [2.45, 2.75) is 24.6 Å². The predicted octanol–water partition coefficient (Wildman–Crippen LogP) is -0.930. The van der Waals surface area contributed by atoms with E-state index in [1.165, 1.54) is 0 Å². The van der Waals surface area contributed by atoms with Crippen molar-refractivity contribution in [3.05, 3.63) is 0 Å². The van der Waals surface area contributed by atoms with E-state index >= 15 is 0 Å². The van der Waals surface area contributed by atoms with Crippen LogP contribution in [0, 0.1) is 0 Å². The predicted molar refractivity (Wildman–Crippen MR) is 95.8 cm³/mol. The SMILES string of the molecule is CC1CC(=O)NC(SC(C(=O)N2CCOCC2)C(=O)N2CCOCC2)=N1. The highest BCUT2D eigenvalue weighted by molar-refractivity contribution is 8.15. The number of amides is 3. The first-order valence-corrected chi connectivity index (χ1v) is 9.70. The Hall–Kier alpha value is -1.65. The molecule has 3 heterocycles. The fourth-order valence-electron chi connectivity index (χ4n) is 2.99. The van der Waals surface area contributed by atoms with Gasteiger partial charge in [-0.15, -0.1) is 0 Å². The summed E-state index contributed by atoms with van der Waals surface area (Å²) in [7, 11) is 0. The van der Waals surface area contributed by atoms with Crippen molar-refractivity contribution < 1.29 is 23.9 Å². The van der Waals surface area contributed by atoms with Gasteiger partial charge in [0.15, 0.2) is 10.4 Å². The maximum Gasteiger partial charge on any atom is 0.245 e. The van der Waals surface area contributed by atoms with Gasteiger partial charge in [0, 0.05) is 32.6 Å². The number of nitrogens with zero attached hydrogens (tertiary/aromatic N) is 3. The van der Waals surface area contributed by atoms with Crippen molar-refractivity contribution in [2.75, 3.05) is 52.6 Å². The molecule has 0 aliphatic carbocycles. The third-order valence-electron chi connectivity index (χ3n) is 4.39. The third kappa shape index (κ3) is 4.74. The summed E-state index contributed by atoms with van der Waals surface area (Å²) in [4.78, 5) is 45.5. The number of thioether (sulfide) groups is 1. The molecular formula is C16H24N4O5S. The molecule has 1 unspecified atom stereocenters. The van der Waals surface area contributed by atoms with Crippen molar-refractivity contribution in [3.63, 3.8) is 0 Å². The lowest BCUT2D eigenvalue weighted by Crippen LogP contribution is -2.53. The quantitative estimate of drug-likeness (QED) is 0.631. The molecule has 2 saturated heterocycles. The van der Waals surface area contributed by atoms with E-state index < -0.39 is 5.25 Å². The van der Waals surface area contributed by atoms with Gasteiger partial charge < -0.3 is 24.6 Å². The van der Waals surface area contributed by atoms with Crippen molar-refractivity contribution in [2.24, 2.45) is 4.99 Å². The molecule has 26 heavy (non-hydrogen) atoms. The molecule has 0 saturated carbocycles. The van der Waals surface area contributed by atoms with Gasteiger partial charge in [-0.3, -0.25) is 19.4 Å². The molecular weight excluding hydrogens is 360 g/mol. The van der Waals surface area contributed by atoms with E-state index in [0.717, 1.165) is 11.8 Å². The summed E-state index contributed by atoms with van der Waals surface area (Å²) in [6.45, 7) is 5.52. The minimum Gasteiger partial charge on any atom is -0.378 e. The van der Waals surface area contributed by atoms with Crippen LogP contribution in [0.5, 0.6) is 0 Å². The van der Waals surface area contributed by atoms with Crippen LogP contribution in [0.1, 0.15) is 13.3 Å². The smallest absolute Gasteiger partial charge is 0.245 e. The van der Waals surface area contributed by atoms with Crippen molar-refractivity contribution in [3.8, 4) is 0 Å². The van der Waals surface area contributed by atoms with Gasteiger partial charge in [0.05, 0.1) is 32.5 Å². The Morgan fingerprint density at radius 3 is 2.04 bits per heavy atom. The number of ether oxygens (including phenoxy) is 2. The lowest BCUT2D eigenvalue weighted by atomic mass is 10.2. The van der Waals surface area contributed by atoms with Crippen LogP contribution in [-0.2, 0) is 23.9 Å². The number of amidine groups is 1. The molecule has 0 radical (unpaired) electrons. The van der Waals surface area contributed by atoms with Crippen LogP contribution in [0.15, 0.2) is 4.99 Å². The number of aliphatic imine (C=N–C) groups is 1. The topological polar surface area (TPSA) is 101 Å². The van der Waals surface area contributed by atoms with Gasteiger partial charge in [0.2, 0.25) is 17.7 Å². The van der Waals surface area contributed by atoms with Gasteiger partial charge in [0.25, 0.3) is 0 Å². The molecule has 144 valence electrons. The number of nitrogens with one attached hydrogen (secondary N) is 1. The van der Waals surface area contributed by atoms with E-state index in [-0.39, 0.29) is 23.8 Å². The van der Waals surface area contributed by atoms with Crippen LogP contribution in [0.3, 0.4) is 0 Å². The normalized spacial score (nSPS) is 24.3. The molecule has 1 N–H and O–H groups in total. The lowest BCUT2D eigenvalue weighted by Gasteiger charge is -2.34. The molecule has 0 aromatic carbocycles. The Bertz CT molecular complexity index is 557. The average molecular weight is 384 g/mol. The summed E-state index contributed by atoms with van der Waals surface area (Å²) in [5, 5.41) is 2.05. The Balaban J connectivity index is 1.77. The molecule has 9 nitrogen and oxygen atoms in total. The summed E-state index contributed by atoms with van der Waals surface area (Å²) in [5.41, 5.74) is 0. The van der Waals surface area contributed by atoms with Gasteiger partial charge in [-0.25, -0.2) is 0 Å². The monoisotopic (exact) mass is 384 g/mol. The van der Waals surface area contributed by atoms with Gasteiger partial charge in [-0.2, -0.15) is 0 Å². The van der Waals surface area contributed by atoms with E-state index in [4.69, 9.17) is 9.47 Å². The Labute approximate surface area is 156 Å². The Morgan fingerprint density at radius 2 is 1.58 bits per heavy atom. The number of hydrogen-bond donors (Lipinski definition) is 1. The highest BCUT2D eigenvalue weighted by Gasteiger charge is 2.37. The van der Waals surface area contributed by atoms with Crippen LogP contribution in [0.4, 0.5) is 0 Å². The first-order valence-electron chi connectivity index (χ1n) is 8.82. The average Bonchev–Trinajstić information content (AvgIpc) is 2.66. The summed E-state index contributed by atoms with van der Waals surface area (Å²) in [5.74, 6) is -0.665. The lowest BCUT2D eigenvalue weighted by molar-refractivity contribution is -0.144. The minimum absolute atomic E-state index is 0.147. The second-order valence-corrected chi connectivity index (χ2v) is 7.50. The first-order chi connectivity index (χ1) is 12.5. The minimum atomic E-state index is -0.962. The molecule has 0 bridgehead atoms. The molecule has 1 atom stereocenters. The summed E-state index contributed by atoms with van der Waals surface area (Å²) < 4.78 is 10.6. The molecule has 0 aromatic heterocycles. The van der Waals surface area contributed by atoms with Gasteiger partial charge >= 0.3 is 0 Å². The molecule has 3 aliphatic heterocycles. The fourth-order valence-corrected chi connectivity index (χ4v) is 4.13. The van der Waals surface area contributed by atoms with E-state index in [9.17, 15) is 14.4 Å². The highest BCUT2D eigenvalue weighted by Crippen LogP contribution is 2.22. The zero-order chi connectivity index (χ0) is 18.5. The van der Waals surface area contributed by atoms with E-state index in [1.807, 2.05) is 6.92 Å². The van der Waals surface area contributed by atoms with Crippen LogP contribution in [0.25, 0.3) is 0 Å². The maximum absolute atomic E-state index is 13.0. The Morgan fingerprint density at radius 1 is 1.08 bits per heavy atom. The van der Waals surface area contributed by atoms with Gasteiger partial charge in [0.1, 0.15) is 0 Å². The molecule has 3 amide bonds. The molecule has 0 aromatic rings. The summed E-state index contributed by atoms with van der Waals surface area (Å²) >= 11 is 1.03. The zero-order valence-corrected chi connectivity index (χ0v) is 15.6. The second-order valence-electron chi connectivity index (χ2n) is 6.41. The molecule has 3 aliphatic rings. The van der Waals surface area contributed by atoms with E-state index in [2.05, 4.69) is 10.3 Å². The van der Waals surface area contributed by atoms with Crippen LogP contribution in [0.2, 0.25) is 0 Å². The van der Waals surface area contributed by atoms with Crippen molar-refractivity contribution in [1.82, 2.24) is 15.1 Å². The first kappa shape index (κ1) is 19.1. The number of hydrogen-bond acceptors (Lipinski definition) is 7. The number of carbonyl (C=O) groups excluding carboxylic acids is 3. The van der Waals surface area contributed by atoms with Gasteiger partial charge in [-0.1, -0.05) is 11.8 Å². The zero-order valence-electron chi connectivity index (χ0n) is 14.8. The largest absolute Gasteiger partial charge is 0.378 e. The standard InChI is InChI=1S/C16H24N4O5S/c1-11-10-12(21)18-16(17-11)26-13(14(22)19-2-6-24-7-3-19)15(23)20-4-8-25-9-5-20/h11,13H,2-10H2,1H3,(H,17,18,21). The Kier molecular flexibility index (Phi) is 6.49. The van der Waals surface area contributed by atoms with E-state index in [1.54, 1.807) is 9.80 Å². The number of morpholine rings is 2. The van der Waals surface area contributed by atoms with Crippen molar-refractivity contribution in [1.29, 1.82) is 0 Å².